The Bertz CT molecular complexity index is 4200. The van der Waals surface area contributed by atoms with Gasteiger partial charge >= 0.3 is 0 Å². The van der Waals surface area contributed by atoms with Crippen LogP contribution < -0.4 is 14.5 Å². The number of rotatable bonds is 10. The highest BCUT2D eigenvalue weighted by atomic mass is 19.1. The van der Waals surface area contributed by atoms with Crippen LogP contribution >= 0.6 is 0 Å². The van der Waals surface area contributed by atoms with Crippen molar-refractivity contribution in [3.63, 3.8) is 0 Å². The lowest BCUT2D eigenvalue weighted by Crippen LogP contribution is -2.25. The molecule has 3 heterocycles. The van der Waals surface area contributed by atoms with Gasteiger partial charge in [0.15, 0.2) is 0 Å². The van der Waals surface area contributed by atoms with E-state index in [0.29, 0.717) is 39.7 Å². The van der Waals surface area contributed by atoms with E-state index in [0.717, 1.165) is 78.8 Å². The first-order valence-electron chi connectivity index (χ1n) is 29.7. The summed E-state index contributed by atoms with van der Waals surface area (Å²) in [7, 11) is 0. The quantitative estimate of drug-likeness (QED) is 0.137. The number of hydrogen-bond donors (Lipinski definition) is 0. The maximum Gasteiger partial charge on any atom is 0.137 e. The number of aromatic nitrogens is 2. The van der Waals surface area contributed by atoms with E-state index in [2.05, 4.69) is 126 Å². The lowest BCUT2D eigenvalue weighted by molar-refractivity contribution is 0.483. The maximum absolute atomic E-state index is 16.8. The summed E-state index contributed by atoms with van der Waals surface area (Å²) in [6.45, 7) is 27.0. The highest BCUT2D eigenvalue weighted by molar-refractivity contribution is 6.09. The van der Waals surface area contributed by atoms with Gasteiger partial charge in [-0.2, -0.15) is 0 Å². The summed E-state index contributed by atoms with van der Waals surface area (Å²) in [5, 5.41) is 2.04. The fraction of sp³-hybridized carbons (Fsp3) is 0.264. The fourth-order valence-corrected chi connectivity index (χ4v) is 10.9. The van der Waals surface area contributed by atoms with Gasteiger partial charge in [0, 0.05) is 58.0 Å². The molecule has 0 amide bonds. The van der Waals surface area contributed by atoms with E-state index in [9.17, 15) is 5.48 Å². The molecule has 0 atom stereocenters. The Labute approximate surface area is 476 Å². The zero-order chi connectivity index (χ0) is 60.2. The minimum Gasteiger partial charge on any atom is -0.457 e. The molecule has 8 aromatic carbocycles. The second-order valence-corrected chi connectivity index (χ2v) is 25.1. The number of para-hydroxylation sites is 3. The molecule has 0 unspecified atom stereocenters. The SMILES string of the molecule is [2H]c1c([2H])c(C(C)(C)C)c([2H])c([2H])c1-c1cc(Oc2ccc3c4ccccc4n(-c4cc(C(C)(C)C)ccn4)c3c2)cc(N2CN(c3c(-c4cc(C(C)C)cc(C(C)C)c4)cc(C(C)(C)C)cc3-c3c(F)cc(F)cc3F)c3ccccc32)c1. The van der Waals surface area contributed by atoms with E-state index in [1.54, 1.807) is 6.07 Å². The number of fused-ring (bicyclic) bond motifs is 4. The molecule has 0 saturated carbocycles. The molecule has 80 heavy (non-hydrogen) atoms. The van der Waals surface area contributed by atoms with Gasteiger partial charge in [-0.1, -0.05) is 163 Å². The molecule has 1 aliphatic rings. The van der Waals surface area contributed by atoms with Crippen LogP contribution in [0.2, 0.25) is 0 Å². The van der Waals surface area contributed by atoms with Crippen LogP contribution in [-0.2, 0) is 16.2 Å². The minimum absolute atomic E-state index is 0.0902. The average molecular weight is 1070 g/mol. The van der Waals surface area contributed by atoms with Crippen molar-refractivity contribution in [1.82, 2.24) is 9.55 Å². The minimum atomic E-state index is -1.03. The average Bonchev–Trinajstić information content (AvgIpc) is 1.45. The third kappa shape index (κ3) is 10.1. The summed E-state index contributed by atoms with van der Waals surface area (Å²) < 4.78 is 95.6. The first kappa shape index (κ1) is 49.0. The van der Waals surface area contributed by atoms with Crippen LogP contribution in [0.25, 0.3) is 61.0 Å². The second-order valence-electron chi connectivity index (χ2n) is 25.1. The van der Waals surface area contributed by atoms with Gasteiger partial charge in [0.1, 0.15) is 41.4 Å². The molecule has 0 spiro atoms. The Morgan fingerprint density at radius 2 is 1.11 bits per heavy atom. The number of halogens is 3. The van der Waals surface area contributed by atoms with Gasteiger partial charge < -0.3 is 14.5 Å². The fourth-order valence-electron chi connectivity index (χ4n) is 10.9. The summed E-state index contributed by atoms with van der Waals surface area (Å²) in [5.41, 5.74) is 9.48. The molecule has 0 radical (unpaired) electrons. The van der Waals surface area contributed by atoms with Crippen LogP contribution in [0.1, 0.15) is 135 Å². The van der Waals surface area contributed by atoms with Crippen LogP contribution in [0.15, 0.2) is 170 Å². The summed E-state index contributed by atoms with van der Waals surface area (Å²) in [6.07, 6.45) is 1.84. The summed E-state index contributed by atoms with van der Waals surface area (Å²) in [6, 6.07) is 43.0. The van der Waals surface area contributed by atoms with Crippen LogP contribution in [0.3, 0.4) is 0 Å². The Balaban J connectivity index is 1.15. The van der Waals surface area contributed by atoms with Crippen LogP contribution in [0.5, 0.6) is 11.5 Å². The monoisotopic (exact) mass is 1070 g/mol. The normalized spacial score (nSPS) is 13.8. The summed E-state index contributed by atoms with van der Waals surface area (Å²) in [5.74, 6) is -1.18. The lowest BCUT2D eigenvalue weighted by atomic mass is 9.81. The van der Waals surface area contributed by atoms with E-state index in [-0.39, 0.29) is 64.8 Å². The number of anilines is 4. The molecule has 0 fully saturated rings. The molecule has 10 aromatic rings. The van der Waals surface area contributed by atoms with E-state index in [4.69, 9.17) is 9.72 Å². The van der Waals surface area contributed by atoms with Gasteiger partial charge in [0.25, 0.3) is 0 Å². The van der Waals surface area contributed by atoms with Crippen molar-refractivity contribution < 1.29 is 23.4 Å². The van der Waals surface area contributed by atoms with Gasteiger partial charge in [-0.05, 0) is 139 Å². The molecule has 0 saturated heterocycles. The molecule has 2 aromatic heterocycles. The van der Waals surface area contributed by atoms with Gasteiger partial charge in [0.05, 0.1) is 39.1 Å². The van der Waals surface area contributed by atoms with Crippen molar-refractivity contribution in [2.24, 2.45) is 0 Å². The number of hydrogen-bond acceptors (Lipinski definition) is 4. The topological polar surface area (TPSA) is 33.5 Å². The molecule has 406 valence electrons. The summed E-state index contributed by atoms with van der Waals surface area (Å²) >= 11 is 0. The Hall–Kier alpha value is -8.10. The van der Waals surface area contributed by atoms with Crippen molar-refractivity contribution in [1.29, 1.82) is 0 Å². The molecular weight excluding hydrogens is 994 g/mol. The van der Waals surface area contributed by atoms with Gasteiger partial charge in [-0.3, -0.25) is 4.57 Å². The highest BCUT2D eigenvalue weighted by Crippen LogP contribution is 2.53. The predicted octanol–water partition coefficient (Wildman–Crippen LogP) is 20.8. The van der Waals surface area contributed by atoms with Crippen molar-refractivity contribution in [3.05, 3.63) is 215 Å². The van der Waals surface area contributed by atoms with E-state index < -0.39 is 28.3 Å². The Kier molecular flexibility index (Phi) is 12.4. The molecule has 0 bridgehead atoms. The first-order chi connectivity index (χ1) is 39.6. The molecule has 5 nitrogen and oxygen atoms in total. The number of ether oxygens (including phenoxy) is 1. The Morgan fingerprint density at radius 3 is 1.75 bits per heavy atom. The second kappa shape index (κ2) is 20.2. The number of benzene rings is 8. The highest BCUT2D eigenvalue weighted by Gasteiger charge is 2.35. The van der Waals surface area contributed by atoms with E-state index in [1.807, 2.05) is 106 Å². The molecule has 8 heteroatoms. The van der Waals surface area contributed by atoms with Crippen LogP contribution in [0.4, 0.5) is 35.9 Å². The third-order valence-electron chi connectivity index (χ3n) is 15.5. The van der Waals surface area contributed by atoms with E-state index in [1.165, 1.54) is 0 Å². The maximum atomic E-state index is 16.8. The van der Waals surface area contributed by atoms with Crippen molar-refractivity contribution >= 4 is 44.6 Å². The molecule has 0 N–H and O–H groups in total. The number of pyridine rings is 1. The smallest absolute Gasteiger partial charge is 0.137 e. The van der Waals surface area contributed by atoms with Crippen LogP contribution in [-0.4, -0.2) is 16.2 Å². The number of nitrogens with zero attached hydrogens (tertiary/aromatic N) is 4. The van der Waals surface area contributed by atoms with Gasteiger partial charge in [0.2, 0.25) is 0 Å². The standard InChI is InChI=1S/C72H71F3N4O/c1-43(2)46-30-47(44(3)4)32-49(31-46)59-35-52(72(11,12)13)36-60(68-61(74)38-53(73)39-62(68)75)69(59)78-42-77(64-20-16-17-21-65(64)78)54-33-48(45-22-24-50(25-23-45)70(5,6)7)34-56(40-54)80-55-26-27-58-57-18-14-15-19-63(57)79(66(58)41-55)67-37-51(28-29-76-67)71(8,9)10/h14-41,43-44H,42H2,1-13H3/i22D,23D,24D,25D. The van der Waals surface area contributed by atoms with Crippen molar-refractivity contribution in [3.8, 4) is 50.7 Å². The van der Waals surface area contributed by atoms with Gasteiger partial charge in [-0.15, -0.1) is 0 Å². The van der Waals surface area contributed by atoms with E-state index >= 15 is 13.2 Å². The molecule has 1 aliphatic heterocycles. The van der Waals surface area contributed by atoms with Crippen molar-refractivity contribution in [2.45, 2.75) is 118 Å². The first-order valence-corrected chi connectivity index (χ1v) is 27.7. The van der Waals surface area contributed by atoms with Crippen molar-refractivity contribution in [2.75, 3.05) is 16.5 Å². The molecule has 11 rings (SSSR count). The lowest BCUT2D eigenvalue weighted by Gasteiger charge is -2.31. The zero-order valence-electron chi connectivity index (χ0n) is 52.0. The summed E-state index contributed by atoms with van der Waals surface area (Å²) in [4.78, 5) is 9.02. The third-order valence-corrected chi connectivity index (χ3v) is 15.5. The van der Waals surface area contributed by atoms with Crippen LogP contribution in [0, 0.1) is 17.5 Å². The Morgan fingerprint density at radius 1 is 0.512 bits per heavy atom. The van der Waals surface area contributed by atoms with Gasteiger partial charge in [-0.25, -0.2) is 18.2 Å². The predicted molar refractivity (Wildman–Crippen MR) is 328 cm³/mol. The molecular formula is C72H71F3N4O. The zero-order valence-corrected chi connectivity index (χ0v) is 48.0. The largest absolute Gasteiger partial charge is 0.457 e. The molecule has 0 aliphatic carbocycles.